The van der Waals surface area contributed by atoms with E-state index in [0.29, 0.717) is 26.4 Å². The minimum absolute atomic E-state index is 0. The van der Waals surface area contributed by atoms with E-state index in [1.807, 2.05) is 27.7 Å². The van der Waals surface area contributed by atoms with Gasteiger partial charge in [-0.15, -0.1) is 0 Å². The van der Waals surface area contributed by atoms with Crippen molar-refractivity contribution in [2.24, 2.45) is 0 Å². The molecule has 8 nitrogen and oxygen atoms in total. The van der Waals surface area contributed by atoms with Crippen LogP contribution in [0, 0.1) is 0 Å². The summed E-state index contributed by atoms with van der Waals surface area (Å²) in [4.78, 5) is 34.3. The first kappa shape index (κ1) is 40.7. The van der Waals surface area contributed by atoms with Crippen molar-refractivity contribution in [1.82, 2.24) is 0 Å². The van der Waals surface area contributed by atoms with Crippen LogP contribution >= 0.6 is 0 Å². The summed E-state index contributed by atoms with van der Waals surface area (Å²) in [6.07, 6.45) is 0. The van der Waals surface area contributed by atoms with Gasteiger partial charge >= 0.3 is 127 Å². The Bertz CT molecular complexity index is 166. The molecule has 0 aromatic rings. The molecule has 14 heteroatoms. The Morgan fingerprint density at radius 2 is 0.682 bits per heavy atom. The van der Waals surface area contributed by atoms with Gasteiger partial charge in [0.1, 0.15) is 0 Å². The van der Waals surface area contributed by atoms with Crippen LogP contribution in [0.1, 0.15) is 27.7 Å². The van der Waals surface area contributed by atoms with Crippen molar-refractivity contribution >= 4 is 18.1 Å². The van der Waals surface area contributed by atoms with Gasteiger partial charge < -0.3 is 45.9 Å². The van der Waals surface area contributed by atoms with Gasteiger partial charge in [-0.1, -0.05) is 0 Å². The number of hydrogen-bond donors (Lipinski definition) is 0. The van der Waals surface area contributed by atoms with E-state index in [1.165, 1.54) is 0 Å². The summed E-state index contributed by atoms with van der Waals surface area (Å²) in [7, 11) is -8.41. The summed E-state index contributed by atoms with van der Waals surface area (Å²) in [6, 6.07) is 0. The van der Waals surface area contributed by atoms with E-state index < -0.39 is 18.1 Å². The van der Waals surface area contributed by atoms with E-state index in [0.717, 1.165) is 0 Å². The van der Waals surface area contributed by atoms with Gasteiger partial charge in [0.15, 0.2) is 0 Å². The zero-order chi connectivity index (χ0) is 14.7. The van der Waals surface area contributed by atoms with E-state index >= 15 is 0 Å². The Labute approximate surface area is 223 Å². The Kier molecular flexibility index (Phi) is 46.5. The largest absolute Gasteiger partial charge is 1.00 e. The topological polar surface area (TPSA) is 129 Å². The fraction of sp³-hybridized carbons (Fsp3) is 1.00. The molecule has 0 radical (unpaired) electrons. The monoisotopic (exact) mass is 392 g/mol. The second-order valence-corrected chi connectivity index (χ2v) is 5.89. The third-order valence-corrected chi connectivity index (χ3v) is 3.85. The van der Waals surface area contributed by atoms with E-state index in [2.05, 4.69) is 0 Å². The van der Waals surface area contributed by atoms with Crippen LogP contribution in [-0.2, 0) is 17.7 Å². The summed E-state index contributed by atoms with van der Waals surface area (Å²) in [5.74, 6) is 0. The van der Waals surface area contributed by atoms with Crippen molar-refractivity contribution in [2.75, 3.05) is 26.4 Å². The molecule has 112 valence electrons. The number of rotatable bonds is 8. The third-order valence-electron chi connectivity index (χ3n) is 1.28. The Morgan fingerprint density at radius 3 is 0.773 bits per heavy atom. The van der Waals surface area contributed by atoms with E-state index in [9.17, 15) is 0 Å². The smallest absolute Gasteiger partial charge is 0.894 e. The summed E-state index contributed by atoms with van der Waals surface area (Å²) < 4.78 is 21.7. The molecule has 0 bridgehead atoms. The SMILES string of the molecule is CCO[Si](OCC)(OCC)OCC.[Na+].[Na+].[Na+].[Na+].[O-][Si]([O-])([O-])[O-]. The standard InChI is InChI=1S/C8H20O4Si.4Na.O4Si/c1-5-9-13(10-6-2,11-7-3)12-8-4;;;;;1-5(2,3)4/h5-8H2,1-4H3;;;;;/q;4*+1;-4. The molecule has 0 aliphatic rings. The average molecular weight is 392 g/mol. The van der Waals surface area contributed by atoms with Crippen molar-refractivity contribution in [3.8, 4) is 0 Å². The van der Waals surface area contributed by atoms with Crippen LogP contribution < -0.4 is 137 Å². The van der Waals surface area contributed by atoms with Gasteiger partial charge in [-0.2, -0.15) is 0 Å². The van der Waals surface area contributed by atoms with Gasteiger partial charge in [0.2, 0.25) is 0 Å². The molecule has 0 aromatic carbocycles. The average Bonchev–Trinajstić information content (AvgIpc) is 2.16. The van der Waals surface area contributed by atoms with Gasteiger partial charge in [-0.3, -0.25) is 0 Å². The van der Waals surface area contributed by atoms with Gasteiger partial charge in [0.05, 0.1) is 0 Å². The van der Waals surface area contributed by atoms with E-state index in [1.54, 1.807) is 0 Å². The Morgan fingerprint density at radius 1 is 0.545 bits per heavy atom. The summed E-state index contributed by atoms with van der Waals surface area (Å²) in [5, 5.41) is 0. The minimum atomic E-state index is -5.61. The molecule has 0 aliphatic carbocycles. The Hall–Kier alpha value is 4.11. The van der Waals surface area contributed by atoms with Crippen LogP contribution in [0.5, 0.6) is 0 Å². The molecule has 0 spiro atoms. The molecule has 0 aromatic heterocycles. The molecule has 0 fully saturated rings. The molecule has 0 amide bonds. The first-order valence-corrected chi connectivity index (χ1v) is 8.88. The van der Waals surface area contributed by atoms with Gasteiger partial charge in [0, 0.05) is 26.4 Å². The fourth-order valence-electron chi connectivity index (χ4n) is 0.957. The zero-order valence-electron chi connectivity index (χ0n) is 15.1. The van der Waals surface area contributed by atoms with Crippen LogP contribution in [0.15, 0.2) is 0 Å². The maximum atomic E-state index is 8.58. The molecule has 0 saturated heterocycles. The van der Waals surface area contributed by atoms with E-state index in [4.69, 9.17) is 36.9 Å². The van der Waals surface area contributed by atoms with Crippen molar-refractivity contribution in [1.29, 1.82) is 0 Å². The predicted molar refractivity (Wildman–Crippen MR) is 58.0 cm³/mol. The first-order chi connectivity index (χ1) is 8.24. The summed E-state index contributed by atoms with van der Waals surface area (Å²) in [6.45, 7) is 9.80. The molecule has 0 heterocycles. The molecule has 0 unspecified atom stereocenters. The first-order valence-electron chi connectivity index (χ1n) is 5.62. The molecule has 0 aliphatic heterocycles. The van der Waals surface area contributed by atoms with Crippen LogP contribution in [0.4, 0.5) is 0 Å². The maximum Gasteiger partial charge on any atom is 1.00 e. The fourth-order valence-corrected chi connectivity index (χ4v) is 2.87. The number of hydrogen-bond acceptors (Lipinski definition) is 8. The second-order valence-electron chi connectivity index (χ2n) is 2.73. The molecule has 0 atom stereocenters. The van der Waals surface area contributed by atoms with Crippen molar-refractivity contribution in [2.45, 2.75) is 27.7 Å². The predicted octanol–water partition coefficient (Wildman–Crippen LogP) is -15.6. The third kappa shape index (κ3) is 31.8. The maximum absolute atomic E-state index is 8.58. The van der Waals surface area contributed by atoms with Crippen molar-refractivity contribution in [3.05, 3.63) is 0 Å². The van der Waals surface area contributed by atoms with Crippen LogP contribution in [0.3, 0.4) is 0 Å². The van der Waals surface area contributed by atoms with Crippen LogP contribution in [0.2, 0.25) is 0 Å². The zero-order valence-corrected chi connectivity index (χ0v) is 25.1. The quantitative estimate of drug-likeness (QED) is 0.373. The van der Waals surface area contributed by atoms with Crippen molar-refractivity contribution in [3.63, 3.8) is 0 Å². The molecular formula is C8H20Na4O8Si2. The Balaban J connectivity index is -0.0000000627. The molecule has 0 saturated carbocycles. The minimum Gasteiger partial charge on any atom is -0.894 e. The summed E-state index contributed by atoms with van der Waals surface area (Å²) >= 11 is 0. The summed E-state index contributed by atoms with van der Waals surface area (Å²) in [5.41, 5.74) is 0. The van der Waals surface area contributed by atoms with Crippen molar-refractivity contribution < 1.29 is 155 Å². The molecular weight excluding hydrogens is 372 g/mol. The van der Waals surface area contributed by atoms with Crippen LogP contribution in [0.25, 0.3) is 0 Å². The molecule has 0 rings (SSSR count). The molecule has 22 heavy (non-hydrogen) atoms. The normalized spacial score (nSPS) is 9.82. The van der Waals surface area contributed by atoms with Gasteiger partial charge in [-0.25, -0.2) is 0 Å². The second kappa shape index (κ2) is 25.1. The van der Waals surface area contributed by atoms with Gasteiger partial charge in [-0.05, 0) is 27.7 Å². The molecule has 0 N–H and O–H groups in total. The van der Waals surface area contributed by atoms with E-state index in [-0.39, 0.29) is 118 Å². The van der Waals surface area contributed by atoms with Gasteiger partial charge in [0.25, 0.3) is 0 Å². The van der Waals surface area contributed by atoms with Crippen LogP contribution in [-0.4, -0.2) is 44.5 Å².